The van der Waals surface area contributed by atoms with E-state index in [9.17, 15) is 14.7 Å². The molecule has 0 fully saturated rings. The average molecular weight is 272 g/mol. The van der Waals surface area contributed by atoms with E-state index in [0.717, 1.165) is 0 Å². The Morgan fingerprint density at radius 1 is 1.11 bits per heavy atom. The first-order chi connectivity index (χ1) is 8.71. The Morgan fingerprint density at radius 3 is 1.79 bits per heavy atom. The Balaban J connectivity index is 4.77. The van der Waals surface area contributed by atoms with E-state index in [1.807, 2.05) is 41.5 Å². The number of nitrogens with zero attached hydrogens (tertiary/aromatic N) is 1. The molecule has 0 heterocycles. The molecule has 0 saturated carbocycles. The van der Waals surface area contributed by atoms with E-state index in [0.29, 0.717) is 12.8 Å². The SMILES string of the molecule is CCC(CC)(NCC(=O)N(C(C)C)C(C)C)C(=O)O. The quantitative estimate of drug-likeness (QED) is 0.707. The highest BCUT2D eigenvalue weighted by Gasteiger charge is 2.35. The van der Waals surface area contributed by atoms with Crippen LogP contribution in [0.1, 0.15) is 54.4 Å². The smallest absolute Gasteiger partial charge is 0.323 e. The van der Waals surface area contributed by atoms with Gasteiger partial charge in [0.05, 0.1) is 6.54 Å². The largest absolute Gasteiger partial charge is 0.480 e. The molecule has 0 unspecified atom stereocenters. The monoisotopic (exact) mass is 272 g/mol. The summed E-state index contributed by atoms with van der Waals surface area (Å²) in [7, 11) is 0. The summed E-state index contributed by atoms with van der Waals surface area (Å²) in [6.07, 6.45) is 0.908. The van der Waals surface area contributed by atoms with Crippen LogP contribution in [0.4, 0.5) is 0 Å². The summed E-state index contributed by atoms with van der Waals surface area (Å²) < 4.78 is 0. The Hall–Kier alpha value is -1.10. The van der Waals surface area contributed by atoms with Crippen LogP contribution in [0.3, 0.4) is 0 Å². The molecule has 5 nitrogen and oxygen atoms in total. The van der Waals surface area contributed by atoms with Crippen LogP contribution in [-0.2, 0) is 9.59 Å². The predicted octanol–water partition coefficient (Wildman–Crippen LogP) is 1.86. The van der Waals surface area contributed by atoms with Gasteiger partial charge in [0.15, 0.2) is 0 Å². The molecule has 0 aromatic rings. The zero-order chi connectivity index (χ0) is 15.2. The molecule has 2 N–H and O–H groups in total. The Labute approximate surface area is 116 Å². The highest BCUT2D eigenvalue weighted by Crippen LogP contribution is 2.15. The van der Waals surface area contributed by atoms with E-state index >= 15 is 0 Å². The molecular weight excluding hydrogens is 244 g/mol. The Bertz CT molecular complexity index is 302. The number of carbonyl (C=O) groups excluding carboxylic acids is 1. The second-order valence-corrected chi connectivity index (χ2v) is 5.44. The molecule has 0 spiro atoms. The minimum Gasteiger partial charge on any atom is -0.480 e. The van der Waals surface area contributed by atoms with Gasteiger partial charge in [0.2, 0.25) is 5.91 Å². The number of hydrogen-bond donors (Lipinski definition) is 2. The lowest BCUT2D eigenvalue weighted by Gasteiger charge is -2.33. The molecular formula is C14H28N2O3. The maximum absolute atomic E-state index is 12.2. The van der Waals surface area contributed by atoms with Gasteiger partial charge < -0.3 is 10.0 Å². The third-order valence-corrected chi connectivity index (χ3v) is 3.60. The minimum atomic E-state index is -1.00. The number of rotatable bonds is 8. The molecule has 0 saturated heterocycles. The molecule has 0 bridgehead atoms. The van der Waals surface area contributed by atoms with Crippen molar-refractivity contribution in [1.82, 2.24) is 10.2 Å². The van der Waals surface area contributed by atoms with E-state index in [1.54, 1.807) is 4.90 Å². The Morgan fingerprint density at radius 2 is 1.53 bits per heavy atom. The van der Waals surface area contributed by atoms with Gasteiger partial charge in [0.1, 0.15) is 5.54 Å². The third-order valence-electron chi connectivity index (χ3n) is 3.60. The highest BCUT2D eigenvalue weighted by atomic mass is 16.4. The Kier molecular flexibility index (Phi) is 7.05. The van der Waals surface area contributed by atoms with Gasteiger partial charge in [-0.1, -0.05) is 13.8 Å². The second-order valence-electron chi connectivity index (χ2n) is 5.44. The summed E-state index contributed by atoms with van der Waals surface area (Å²) in [6, 6.07) is 0.216. The van der Waals surface area contributed by atoms with Crippen molar-refractivity contribution in [2.24, 2.45) is 0 Å². The summed E-state index contributed by atoms with van der Waals surface area (Å²) in [4.78, 5) is 25.3. The van der Waals surface area contributed by atoms with Crippen molar-refractivity contribution in [2.75, 3.05) is 6.54 Å². The fourth-order valence-corrected chi connectivity index (χ4v) is 2.39. The van der Waals surface area contributed by atoms with E-state index in [-0.39, 0.29) is 24.5 Å². The zero-order valence-corrected chi connectivity index (χ0v) is 13.0. The maximum atomic E-state index is 12.2. The molecule has 0 aliphatic carbocycles. The number of carbonyl (C=O) groups is 2. The van der Waals surface area contributed by atoms with Gasteiger partial charge in [-0.2, -0.15) is 0 Å². The van der Waals surface area contributed by atoms with Crippen molar-refractivity contribution in [1.29, 1.82) is 0 Å². The maximum Gasteiger partial charge on any atom is 0.323 e. The molecule has 0 aliphatic heterocycles. The number of nitrogens with one attached hydrogen (secondary N) is 1. The first-order valence-electron chi connectivity index (χ1n) is 7.01. The highest BCUT2D eigenvalue weighted by molar-refractivity contribution is 5.82. The predicted molar refractivity (Wildman–Crippen MR) is 76.1 cm³/mol. The van der Waals surface area contributed by atoms with Crippen molar-refractivity contribution in [3.05, 3.63) is 0 Å². The first-order valence-corrected chi connectivity index (χ1v) is 7.01. The lowest BCUT2D eigenvalue weighted by Crippen LogP contribution is -2.55. The zero-order valence-electron chi connectivity index (χ0n) is 13.0. The topological polar surface area (TPSA) is 69.6 Å². The summed E-state index contributed by atoms with van der Waals surface area (Å²) in [6.45, 7) is 11.5. The number of carboxylic acid groups (broad SMARTS) is 1. The van der Waals surface area contributed by atoms with Gasteiger partial charge in [-0.25, -0.2) is 0 Å². The number of carboxylic acids is 1. The van der Waals surface area contributed by atoms with E-state index in [4.69, 9.17) is 0 Å². The van der Waals surface area contributed by atoms with Gasteiger partial charge >= 0.3 is 5.97 Å². The average Bonchev–Trinajstić information content (AvgIpc) is 2.29. The fourth-order valence-electron chi connectivity index (χ4n) is 2.39. The summed E-state index contributed by atoms with van der Waals surface area (Å²) in [5, 5.41) is 12.2. The van der Waals surface area contributed by atoms with E-state index in [1.165, 1.54) is 0 Å². The number of amides is 1. The van der Waals surface area contributed by atoms with Crippen LogP contribution in [0.25, 0.3) is 0 Å². The van der Waals surface area contributed by atoms with Gasteiger partial charge in [0, 0.05) is 12.1 Å². The van der Waals surface area contributed by atoms with Crippen LogP contribution in [0.2, 0.25) is 0 Å². The van der Waals surface area contributed by atoms with Gasteiger partial charge in [-0.15, -0.1) is 0 Å². The summed E-state index contributed by atoms with van der Waals surface area (Å²) in [5.74, 6) is -0.955. The van der Waals surface area contributed by atoms with Gasteiger partial charge in [0.25, 0.3) is 0 Å². The van der Waals surface area contributed by atoms with Crippen molar-refractivity contribution >= 4 is 11.9 Å². The molecule has 0 aliphatic rings. The minimum absolute atomic E-state index is 0.0578. The molecule has 0 aromatic carbocycles. The van der Waals surface area contributed by atoms with Crippen LogP contribution in [0.5, 0.6) is 0 Å². The van der Waals surface area contributed by atoms with Crippen molar-refractivity contribution in [3.63, 3.8) is 0 Å². The molecule has 0 atom stereocenters. The van der Waals surface area contributed by atoms with Crippen molar-refractivity contribution in [2.45, 2.75) is 72.0 Å². The molecule has 112 valence electrons. The third kappa shape index (κ3) is 4.49. The van der Waals surface area contributed by atoms with Gasteiger partial charge in [-0.3, -0.25) is 14.9 Å². The van der Waals surface area contributed by atoms with Crippen LogP contribution in [0, 0.1) is 0 Å². The van der Waals surface area contributed by atoms with Gasteiger partial charge in [-0.05, 0) is 40.5 Å². The molecule has 5 heteroatoms. The lowest BCUT2D eigenvalue weighted by molar-refractivity contribution is -0.145. The number of hydrogen-bond acceptors (Lipinski definition) is 3. The molecule has 0 rings (SSSR count). The van der Waals surface area contributed by atoms with Crippen molar-refractivity contribution in [3.8, 4) is 0 Å². The first kappa shape index (κ1) is 17.9. The molecule has 1 amide bonds. The number of aliphatic carboxylic acids is 1. The molecule has 19 heavy (non-hydrogen) atoms. The lowest BCUT2D eigenvalue weighted by atomic mass is 9.93. The molecule has 0 aromatic heterocycles. The normalized spacial score (nSPS) is 12.0. The summed E-state index contributed by atoms with van der Waals surface area (Å²) >= 11 is 0. The van der Waals surface area contributed by atoms with Crippen LogP contribution >= 0.6 is 0 Å². The fraction of sp³-hybridized carbons (Fsp3) is 0.857. The van der Waals surface area contributed by atoms with Crippen molar-refractivity contribution < 1.29 is 14.7 Å². The second kappa shape index (κ2) is 7.48. The molecule has 0 radical (unpaired) electrons. The van der Waals surface area contributed by atoms with E-state index < -0.39 is 11.5 Å². The van der Waals surface area contributed by atoms with Crippen LogP contribution in [-0.4, -0.2) is 46.1 Å². The van der Waals surface area contributed by atoms with Crippen LogP contribution < -0.4 is 5.32 Å². The summed E-state index contributed by atoms with van der Waals surface area (Å²) in [5.41, 5.74) is -1.00. The standard InChI is InChI=1S/C14H28N2O3/c1-7-14(8-2,13(18)19)15-9-12(17)16(10(3)4)11(5)6/h10-11,15H,7-9H2,1-6H3,(H,18,19). The van der Waals surface area contributed by atoms with E-state index in [2.05, 4.69) is 5.32 Å². The van der Waals surface area contributed by atoms with Crippen LogP contribution in [0.15, 0.2) is 0 Å².